The van der Waals surface area contributed by atoms with Gasteiger partial charge in [-0.3, -0.25) is 24.0 Å². The van der Waals surface area contributed by atoms with E-state index < -0.39 is 78.8 Å². The molecule has 0 fully saturated rings. The molecular weight excluding hydrogens is 482 g/mol. The van der Waals surface area contributed by atoms with Gasteiger partial charge in [-0.25, -0.2) is 9.78 Å². The number of carboxylic acid groups (broad SMARTS) is 2. The van der Waals surface area contributed by atoms with E-state index in [2.05, 4.69) is 25.9 Å². The fourth-order valence-electron chi connectivity index (χ4n) is 2.85. The SMILES string of the molecule is CC(NC(=O)C(N)Cc1cnc[nH]1)C(=O)NC(CCC(=O)O)C(=O)NCC(=O)NC(C(=O)O)C(C)O. The standard InChI is InChI=1S/C20H31N7O9/c1-9(25-18(33)12(21)5-11-6-22-8-24-11)17(32)26-13(3-4-15(30)31)19(34)23-7-14(29)27-16(10(2)28)20(35)36/h6,8-10,12-13,16,28H,3-5,7,21H2,1-2H3,(H,22,24)(H,23,34)(H,25,33)(H,26,32)(H,27,29)(H,30,31)(H,35,36). The van der Waals surface area contributed by atoms with Crippen LogP contribution in [0.15, 0.2) is 12.5 Å². The maximum Gasteiger partial charge on any atom is 0.328 e. The third-order valence-electron chi connectivity index (χ3n) is 4.85. The number of hydrogen-bond acceptors (Lipinski definition) is 9. The minimum absolute atomic E-state index is 0.129. The molecule has 5 atom stereocenters. The summed E-state index contributed by atoms with van der Waals surface area (Å²) in [5.41, 5.74) is 6.42. The van der Waals surface area contributed by atoms with Crippen LogP contribution >= 0.6 is 0 Å². The highest BCUT2D eigenvalue weighted by atomic mass is 16.4. The number of hydrogen-bond donors (Lipinski definition) is 9. The molecule has 5 unspecified atom stereocenters. The zero-order valence-corrected chi connectivity index (χ0v) is 19.7. The van der Waals surface area contributed by atoms with Gasteiger partial charge in [0.05, 0.1) is 25.0 Å². The first-order valence-electron chi connectivity index (χ1n) is 10.8. The molecule has 0 spiro atoms. The molecular formula is C20H31N7O9. The van der Waals surface area contributed by atoms with Crippen molar-refractivity contribution in [3.05, 3.63) is 18.2 Å². The summed E-state index contributed by atoms with van der Waals surface area (Å²) in [6.45, 7) is 1.78. The predicted molar refractivity (Wildman–Crippen MR) is 121 cm³/mol. The number of carboxylic acids is 2. The molecule has 1 rings (SSSR count). The Labute approximate surface area is 205 Å². The molecule has 200 valence electrons. The van der Waals surface area contributed by atoms with Gasteiger partial charge in [-0.05, 0) is 20.3 Å². The van der Waals surface area contributed by atoms with Crippen LogP contribution in [0.2, 0.25) is 0 Å². The van der Waals surface area contributed by atoms with Gasteiger partial charge in [0, 0.05) is 24.7 Å². The van der Waals surface area contributed by atoms with Crippen LogP contribution in [0, 0.1) is 0 Å². The van der Waals surface area contributed by atoms with E-state index in [4.69, 9.17) is 15.9 Å². The second-order valence-electron chi connectivity index (χ2n) is 7.95. The van der Waals surface area contributed by atoms with Crippen molar-refractivity contribution in [1.82, 2.24) is 31.2 Å². The van der Waals surface area contributed by atoms with E-state index in [0.29, 0.717) is 5.69 Å². The highest BCUT2D eigenvalue weighted by molar-refractivity contribution is 5.94. The number of rotatable bonds is 15. The van der Waals surface area contributed by atoms with Crippen LogP contribution in [0.5, 0.6) is 0 Å². The van der Waals surface area contributed by atoms with Gasteiger partial charge in [0.15, 0.2) is 6.04 Å². The molecule has 16 nitrogen and oxygen atoms in total. The number of amides is 4. The predicted octanol–water partition coefficient (Wildman–Crippen LogP) is -3.80. The van der Waals surface area contributed by atoms with Crippen LogP contribution in [0.25, 0.3) is 0 Å². The Hall–Kier alpha value is -4.05. The minimum Gasteiger partial charge on any atom is -0.481 e. The highest BCUT2D eigenvalue weighted by Gasteiger charge is 2.28. The summed E-state index contributed by atoms with van der Waals surface area (Å²) in [6.07, 6.45) is 0.794. The number of aliphatic carboxylic acids is 2. The lowest BCUT2D eigenvalue weighted by molar-refractivity contribution is -0.144. The first-order chi connectivity index (χ1) is 16.8. The number of aliphatic hydroxyl groups is 1. The topological polar surface area (TPSA) is 266 Å². The molecule has 0 radical (unpaired) electrons. The molecule has 36 heavy (non-hydrogen) atoms. The molecule has 1 aromatic heterocycles. The number of H-pyrrole nitrogens is 1. The maximum absolute atomic E-state index is 12.5. The summed E-state index contributed by atoms with van der Waals surface area (Å²) >= 11 is 0. The van der Waals surface area contributed by atoms with Gasteiger partial charge in [-0.2, -0.15) is 0 Å². The zero-order valence-electron chi connectivity index (χ0n) is 19.7. The fraction of sp³-hybridized carbons (Fsp3) is 0.550. The average Bonchev–Trinajstić information content (AvgIpc) is 3.30. The summed E-state index contributed by atoms with van der Waals surface area (Å²) in [6, 6.07) is -5.13. The number of aromatic amines is 1. The quantitative estimate of drug-likeness (QED) is 0.110. The zero-order chi connectivity index (χ0) is 27.4. The number of aliphatic hydroxyl groups excluding tert-OH is 1. The molecule has 0 bridgehead atoms. The molecule has 0 aliphatic carbocycles. The molecule has 0 saturated carbocycles. The minimum atomic E-state index is -1.61. The summed E-state index contributed by atoms with van der Waals surface area (Å²) < 4.78 is 0. The number of aromatic nitrogens is 2. The van der Waals surface area contributed by atoms with Crippen molar-refractivity contribution < 1.29 is 44.1 Å². The van der Waals surface area contributed by atoms with E-state index in [1.807, 2.05) is 5.32 Å². The second kappa shape index (κ2) is 14.4. The number of nitrogens with two attached hydrogens (primary N) is 1. The summed E-state index contributed by atoms with van der Waals surface area (Å²) in [7, 11) is 0. The lowest BCUT2D eigenvalue weighted by atomic mass is 10.1. The van der Waals surface area contributed by atoms with Crippen LogP contribution in [0.3, 0.4) is 0 Å². The first kappa shape index (κ1) is 30.0. The normalized spacial score (nSPS) is 14.9. The van der Waals surface area contributed by atoms with Crippen molar-refractivity contribution in [3.63, 3.8) is 0 Å². The molecule has 4 amide bonds. The Bertz CT molecular complexity index is 936. The molecule has 16 heteroatoms. The lowest BCUT2D eigenvalue weighted by Crippen LogP contribution is -2.56. The van der Waals surface area contributed by atoms with Gasteiger partial charge < -0.3 is 47.3 Å². The lowest BCUT2D eigenvalue weighted by Gasteiger charge is -2.22. The summed E-state index contributed by atoms with van der Waals surface area (Å²) in [4.78, 5) is 77.8. The molecule has 0 aromatic carbocycles. The average molecular weight is 514 g/mol. The number of carbonyl (C=O) groups excluding carboxylic acids is 4. The Morgan fingerprint density at radius 3 is 2.22 bits per heavy atom. The summed E-state index contributed by atoms with van der Waals surface area (Å²) in [5.74, 6) is -6.05. The van der Waals surface area contributed by atoms with Gasteiger partial charge in [0.2, 0.25) is 23.6 Å². The fourth-order valence-corrected chi connectivity index (χ4v) is 2.85. The van der Waals surface area contributed by atoms with Crippen LogP contribution < -0.4 is 27.0 Å². The number of imidazole rings is 1. The molecule has 0 aliphatic rings. The van der Waals surface area contributed by atoms with E-state index in [0.717, 1.165) is 6.92 Å². The van der Waals surface area contributed by atoms with Crippen molar-refractivity contribution >= 4 is 35.6 Å². The van der Waals surface area contributed by atoms with E-state index in [1.165, 1.54) is 19.4 Å². The van der Waals surface area contributed by atoms with E-state index in [-0.39, 0.29) is 12.8 Å². The third kappa shape index (κ3) is 10.5. The number of nitrogens with one attached hydrogen (secondary N) is 5. The van der Waals surface area contributed by atoms with Crippen LogP contribution in [0.1, 0.15) is 32.4 Å². The molecule has 10 N–H and O–H groups in total. The van der Waals surface area contributed by atoms with Gasteiger partial charge >= 0.3 is 11.9 Å². The van der Waals surface area contributed by atoms with E-state index in [1.54, 1.807) is 0 Å². The molecule has 0 aliphatic heterocycles. The van der Waals surface area contributed by atoms with Crippen LogP contribution in [-0.2, 0) is 35.2 Å². The Morgan fingerprint density at radius 2 is 1.69 bits per heavy atom. The Morgan fingerprint density at radius 1 is 1.03 bits per heavy atom. The third-order valence-corrected chi connectivity index (χ3v) is 4.85. The largest absolute Gasteiger partial charge is 0.481 e. The second-order valence-corrected chi connectivity index (χ2v) is 7.95. The maximum atomic E-state index is 12.5. The smallest absolute Gasteiger partial charge is 0.328 e. The van der Waals surface area contributed by atoms with Crippen molar-refractivity contribution in [3.8, 4) is 0 Å². The van der Waals surface area contributed by atoms with Crippen molar-refractivity contribution in [2.24, 2.45) is 5.73 Å². The van der Waals surface area contributed by atoms with Crippen molar-refractivity contribution in [1.29, 1.82) is 0 Å². The molecule has 0 saturated heterocycles. The van der Waals surface area contributed by atoms with Gasteiger partial charge in [-0.15, -0.1) is 0 Å². The van der Waals surface area contributed by atoms with Gasteiger partial charge in [0.25, 0.3) is 0 Å². The van der Waals surface area contributed by atoms with Crippen LogP contribution in [0.4, 0.5) is 0 Å². The van der Waals surface area contributed by atoms with E-state index >= 15 is 0 Å². The Balaban J connectivity index is 2.69. The highest BCUT2D eigenvalue weighted by Crippen LogP contribution is 2.01. The monoisotopic (exact) mass is 513 g/mol. The number of nitrogens with zero attached hydrogens (tertiary/aromatic N) is 1. The van der Waals surface area contributed by atoms with Crippen molar-refractivity contribution in [2.75, 3.05) is 6.54 Å². The summed E-state index contributed by atoms with van der Waals surface area (Å²) in [5, 5.41) is 36.2. The molecule has 1 heterocycles. The van der Waals surface area contributed by atoms with Crippen LogP contribution in [-0.4, -0.2) is 97.7 Å². The van der Waals surface area contributed by atoms with Crippen molar-refractivity contribution in [2.45, 2.75) is 63.4 Å². The Kier molecular flexibility index (Phi) is 12.0. The van der Waals surface area contributed by atoms with Gasteiger partial charge in [0.1, 0.15) is 12.1 Å². The van der Waals surface area contributed by atoms with Gasteiger partial charge in [-0.1, -0.05) is 0 Å². The first-order valence-corrected chi connectivity index (χ1v) is 10.8. The van der Waals surface area contributed by atoms with E-state index in [9.17, 15) is 33.9 Å². The number of carbonyl (C=O) groups is 6. The molecule has 1 aromatic rings.